The van der Waals surface area contributed by atoms with Gasteiger partial charge in [-0.15, -0.1) is 0 Å². The minimum Gasteiger partial charge on any atom is -0.483 e. The van der Waals surface area contributed by atoms with Crippen molar-refractivity contribution in [3.63, 3.8) is 0 Å². The van der Waals surface area contributed by atoms with E-state index < -0.39 is 0 Å². The van der Waals surface area contributed by atoms with Gasteiger partial charge in [-0.1, -0.05) is 18.2 Å². The number of piperidine rings is 1. The Bertz CT molecular complexity index is 1070. The van der Waals surface area contributed by atoms with Gasteiger partial charge in [0.2, 0.25) is 0 Å². The molecule has 152 valence electrons. The van der Waals surface area contributed by atoms with Crippen molar-refractivity contribution in [2.45, 2.75) is 37.8 Å². The van der Waals surface area contributed by atoms with Crippen LogP contribution in [0.1, 0.15) is 31.7 Å². The molecule has 1 N–H and O–H groups in total. The van der Waals surface area contributed by atoms with Crippen molar-refractivity contribution in [2.75, 3.05) is 13.1 Å². The molecule has 7 nitrogen and oxygen atoms in total. The van der Waals surface area contributed by atoms with Gasteiger partial charge in [0.1, 0.15) is 5.82 Å². The maximum atomic E-state index is 13.0. The normalized spacial score (nSPS) is 21.4. The van der Waals surface area contributed by atoms with E-state index in [1.54, 1.807) is 4.57 Å². The van der Waals surface area contributed by atoms with Crippen LogP contribution in [0.2, 0.25) is 0 Å². The number of hydrogen-bond donors (Lipinski definition) is 1. The molecule has 0 aliphatic carbocycles. The predicted octanol–water partition coefficient (Wildman–Crippen LogP) is 2.90. The van der Waals surface area contributed by atoms with Gasteiger partial charge < -0.3 is 14.2 Å². The summed E-state index contributed by atoms with van der Waals surface area (Å²) in [6, 6.07) is 11.0. The van der Waals surface area contributed by atoms with Gasteiger partial charge in [-0.3, -0.25) is 14.5 Å². The van der Waals surface area contributed by atoms with Crippen molar-refractivity contribution in [2.24, 2.45) is 7.05 Å². The number of nitrogens with zero attached hydrogens (tertiary/aromatic N) is 4. The van der Waals surface area contributed by atoms with Gasteiger partial charge in [0.25, 0.3) is 12.0 Å². The molecule has 2 aliphatic rings. The van der Waals surface area contributed by atoms with Gasteiger partial charge in [0.05, 0.1) is 17.1 Å². The number of pyridine rings is 1. The van der Waals surface area contributed by atoms with Crippen LogP contribution >= 0.6 is 0 Å². The van der Waals surface area contributed by atoms with E-state index in [9.17, 15) is 4.79 Å². The summed E-state index contributed by atoms with van der Waals surface area (Å²) in [5, 5.41) is 7.96. The zero-order valence-electron chi connectivity index (χ0n) is 16.6. The van der Waals surface area contributed by atoms with Crippen LogP contribution in [0.25, 0.3) is 22.3 Å². The lowest BCUT2D eigenvalue weighted by Crippen LogP contribution is -2.41. The van der Waals surface area contributed by atoms with Crippen LogP contribution in [-0.4, -0.2) is 49.7 Å². The first kappa shape index (κ1) is 19.4. The van der Waals surface area contributed by atoms with Gasteiger partial charge in [0, 0.05) is 25.5 Å². The molecule has 2 aromatic heterocycles. The number of carboxylic acid groups (broad SMARTS) is 1. The van der Waals surface area contributed by atoms with Crippen molar-refractivity contribution < 1.29 is 9.90 Å². The minimum atomic E-state index is -0.250. The summed E-state index contributed by atoms with van der Waals surface area (Å²) in [6.07, 6.45) is 8.82. The number of aromatic nitrogens is 3. The van der Waals surface area contributed by atoms with Crippen LogP contribution in [0.5, 0.6) is 0 Å². The average Bonchev–Trinajstić information content (AvgIpc) is 3.40. The largest absolute Gasteiger partial charge is 0.483 e. The van der Waals surface area contributed by atoms with Crippen molar-refractivity contribution in [1.82, 2.24) is 19.0 Å². The molecule has 0 spiro atoms. The number of benzene rings is 1. The third-order valence-corrected chi connectivity index (χ3v) is 6.20. The zero-order chi connectivity index (χ0) is 20.4. The molecule has 0 saturated carbocycles. The number of aryl methyl sites for hydroxylation is 1. The summed E-state index contributed by atoms with van der Waals surface area (Å²) in [5.41, 5.74) is 1.68. The van der Waals surface area contributed by atoms with Crippen LogP contribution in [-0.2, 0) is 11.8 Å². The Hall–Kier alpha value is -2.93. The lowest BCUT2D eigenvalue weighted by molar-refractivity contribution is -0.122. The second-order valence-electron chi connectivity index (χ2n) is 7.70. The Kier molecular flexibility index (Phi) is 5.49. The van der Waals surface area contributed by atoms with Crippen molar-refractivity contribution in [3.05, 3.63) is 53.1 Å². The Labute approximate surface area is 169 Å². The predicted molar refractivity (Wildman–Crippen MR) is 112 cm³/mol. The van der Waals surface area contributed by atoms with Gasteiger partial charge in [-0.05, 0) is 56.3 Å². The fourth-order valence-corrected chi connectivity index (χ4v) is 4.96. The highest BCUT2D eigenvalue weighted by atomic mass is 16.3. The molecule has 3 aromatic rings. The molecular formula is C22H26N4O3. The molecule has 0 radical (unpaired) electrons. The van der Waals surface area contributed by atoms with Crippen LogP contribution in [0.4, 0.5) is 0 Å². The standard InChI is InChI=1S/C21H24N4O.CH2O2/c1-23-17-7-3-2-6-15(17)14-16(21(23)26)20-22-10-13-25(20)19-9-5-12-24-11-4-8-18(19)24;2-1-3/h2-3,6-7,10,13-14,18-19H,4-5,8-9,11-12H2,1H3;1H,(H,2,3)/t18-,19-;/m1./s1. The topological polar surface area (TPSA) is 80.4 Å². The molecule has 0 unspecified atom stereocenters. The van der Waals surface area contributed by atoms with E-state index in [2.05, 4.69) is 26.7 Å². The number of carbonyl (C=O) groups is 1. The summed E-state index contributed by atoms with van der Waals surface area (Å²) >= 11 is 0. The first-order valence-corrected chi connectivity index (χ1v) is 10.1. The van der Waals surface area contributed by atoms with Crippen LogP contribution in [0.3, 0.4) is 0 Å². The number of fused-ring (bicyclic) bond motifs is 2. The smallest absolute Gasteiger partial charge is 0.290 e. The molecule has 2 saturated heterocycles. The van der Waals surface area contributed by atoms with E-state index in [4.69, 9.17) is 9.90 Å². The lowest BCUT2D eigenvalue weighted by Gasteiger charge is -2.38. The highest BCUT2D eigenvalue weighted by Gasteiger charge is 2.36. The maximum Gasteiger partial charge on any atom is 0.290 e. The van der Waals surface area contributed by atoms with Crippen LogP contribution in [0, 0.1) is 0 Å². The number of imidazole rings is 1. The lowest BCUT2D eigenvalue weighted by atomic mass is 9.95. The molecular weight excluding hydrogens is 368 g/mol. The first-order chi connectivity index (χ1) is 14.2. The number of para-hydroxylation sites is 1. The average molecular weight is 394 g/mol. The summed E-state index contributed by atoms with van der Waals surface area (Å²) in [5.74, 6) is 0.815. The highest BCUT2D eigenvalue weighted by Crippen LogP contribution is 2.36. The first-order valence-electron chi connectivity index (χ1n) is 10.1. The highest BCUT2D eigenvalue weighted by molar-refractivity contribution is 5.83. The van der Waals surface area contributed by atoms with E-state index in [1.165, 1.54) is 38.8 Å². The third-order valence-electron chi connectivity index (χ3n) is 6.20. The molecule has 5 rings (SSSR count). The number of hydrogen-bond acceptors (Lipinski definition) is 4. The Morgan fingerprint density at radius 2 is 1.83 bits per heavy atom. The van der Waals surface area contributed by atoms with Crippen molar-refractivity contribution in [3.8, 4) is 11.4 Å². The van der Waals surface area contributed by atoms with Gasteiger partial charge in [0.15, 0.2) is 0 Å². The van der Waals surface area contributed by atoms with Crippen LogP contribution in [0.15, 0.2) is 47.5 Å². The van der Waals surface area contributed by atoms with Crippen LogP contribution < -0.4 is 5.56 Å². The third kappa shape index (κ3) is 3.46. The minimum absolute atomic E-state index is 0.0234. The molecule has 2 aliphatic heterocycles. The maximum absolute atomic E-state index is 13.0. The number of rotatable bonds is 2. The fourth-order valence-electron chi connectivity index (χ4n) is 4.96. The van der Waals surface area contributed by atoms with Gasteiger partial charge in [-0.25, -0.2) is 4.98 Å². The van der Waals surface area contributed by atoms with E-state index >= 15 is 0 Å². The van der Waals surface area contributed by atoms with Crippen molar-refractivity contribution in [1.29, 1.82) is 0 Å². The quantitative estimate of drug-likeness (QED) is 0.676. The zero-order valence-corrected chi connectivity index (χ0v) is 16.6. The molecule has 2 fully saturated rings. The fraction of sp³-hybridized carbons (Fsp3) is 0.409. The molecule has 4 heterocycles. The Balaban J connectivity index is 0.000000645. The Morgan fingerprint density at radius 3 is 2.59 bits per heavy atom. The SMILES string of the molecule is Cn1c(=O)c(-c2nccn2[C@@H]2CCCN3CCC[C@H]23)cc2ccccc21.O=CO. The molecule has 2 atom stereocenters. The molecule has 0 amide bonds. The van der Waals surface area contributed by atoms with E-state index in [-0.39, 0.29) is 12.0 Å². The van der Waals surface area contributed by atoms with Gasteiger partial charge in [-0.2, -0.15) is 0 Å². The van der Waals surface area contributed by atoms with E-state index in [1.807, 2.05) is 37.5 Å². The van der Waals surface area contributed by atoms with E-state index in [0.717, 1.165) is 16.7 Å². The summed E-state index contributed by atoms with van der Waals surface area (Å²) in [6.45, 7) is 2.17. The molecule has 29 heavy (non-hydrogen) atoms. The monoisotopic (exact) mass is 394 g/mol. The summed E-state index contributed by atoms with van der Waals surface area (Å²) in [4.78, 5) is 28.6. The van der Waals surface area contributed by atoms with Gasteiger partial charge >= 0.3 is 0 Å². The van der Waals surface area contributed by atoms with Crippen molar-refractivity contribution >= 4 is 17.4 Å². The molecule has 0 bridgehead atoms. The summed E-state index contributed by atoms with van der Waals surface area (Å²) < 4.78 is 4.01. The summed E-state index contributed by atoms with van der Waals surface area (Å²) in [7, 11) is 1.85. The van der Waals surface area contributed by atoms with E-state index in [0.29, 0.717) is 17.6 Å². The Morgan fingerprint density at radius 1 is 1.14 bits per heavy atom. The second-order valence-corrected chi connectivity index (χ2v) is 7.70. The molecule has 1 aromatic carbocycles. The molecule has 7 heteroatoms. The second kappa shape index (κ2) is 8.21.